The number of anilines is 2. The fourth-order valence-corrected chi connectivity index (χ4v) is 2.97. The van der Waals surface area contributed by atoms with Gasteiger partial charge in [0.05, 0.1) is 17.9 Å². The summed E-state index contributed by atoms with van der Waals surface area (Å²) in [6, 6.07) is 8.47. The number of nitrogens with zero attached hydrogens (tertiary/aromatic N) is 1. The number of carbonyl (C=O) groups is 1. The maximum Gasteiger partial charge on any atom is 0.239 e. The molecule has 114 valence electrons. The number of nitrogens with one attached hydrogen (secondary N) is 2. The molecule has 1 aromatic carbocycles. The minimum atomic E-state index is 0.110. The van der Waals surface area contributed by atoms with Crippen LogP contribution < -0.4 is 15.5 Å². The number of hydrogen-bond donors (Lipinski definition) is 2. The summed E-state index contributed by atoms with van der Waals surface area (Å²) in [4.78, 5) is 14.5. The standard InChI is InChI=1S/C16H23N3O2/c20-16(18-13-6-10-21-11-7-13)12-19-9-3-8-17-14-4-1-2-5-15(14)19/h1-2,4-5,13,17H,3,6-12H2,(H,18,20). The van der Waals surface area contributed by atoms with Crippen LogP contribution in [0.5, 0.6) is 0 Å². The summed E-state index contributed by atoms with van der Waals surface area (Å²) in [5.74, 6) is 0.110. The number of para-hydroxylation sites is 2. The first kappa shape index (κ1) is 14.2. The van der Waals surface area contributed by atoms with Gasteiger partial charge in [0.25, 0.3) is 0 Å². The molecule has 1 aromatic rings. The molecule has 0 atom stereocenters. The third kappa shape index (κ3) is 3.67. The van der Waals surface area contributed by atoms with E-state index in [1.165, 1.54) is 0 Å². The third-order valence-corrected chi connectivity index (χ3v) is 4.09. The van der Waals surface area contributed by atoms with Gasteiger partial charge in [0.1, 0.15) is 0 Å². The first-order valence-corrected chi connectivity index (χ1v) is 7.78. The first-order valence-electron chi connectivity index (χ1n) is 7.78. The van der Waals surface area contributed by atoms with Crippen LogP contribution in [0.3, 0.4) is 0 Å². The predicted molar refractivity (Wildman–Crippen MR) is 83.7 cm³/mol. The normalized spacial score (nSPS) is 19.3. The number of carbonyl (C=O) groups excluding carboxylic acids is 1. The molecule has 0 bridgehead atoms. The van der Waals surface area contributed by atoms with Crippen LogP contribution >= 0.6 is 0 Å². The van der Waals surface area contributed by atoms with E-state index >= 15 is 0 Å². The van der Waals surface area contributed by atoms with Gasteiger partial charge in [-0.3, -0.25) is 4.79 Å². The Bertz CT molecular complexity index is 486. The van der Waals surface area contributed by atoms with Crippen LogP contribution in [0.25, 0.3) is 0 Å². The van der Waals surface area contributed by atoms with Crippen molar-refractivity contribution in [3.63, 3.8) is 0 Å². The van der Waals surface area contributed by atoms with E-state index in [0.29, 0.717) is 6.54 Å². The van der Waals surface area contributed by atoms with Gasteiger partial charge >= 0.3 is 0 Å². The third-order valence-electron chi connectivity index (χ3n) is 4.09. The van der Waals surface area contributed by atoms with E-state index in [0.717, 1.165) is 56.9 Å². The second-order valence-electron chi connectivity index (χ2n) is 5.67. The van der Waals surface area contributed by atoms with E-state index in [9.17, 15) is 4.79 Å². The molecule has 1 amide bonds. The van der Waals surface area contributed by atoms with Crippen molar-refractivity contribution in [3.05, 3.63) is 24.3 Å². The Labute approximate surface area is 125 Å². The van der Waals surface area contributed by atoms with Gasteiger partial charge in [-0.2, -0.15) is 0 Å². The molecule has 2 N–H and O–H groups in total. The van der Waals surface area contributed by atoms with Crippen molar-refractivity contribution in [2.75, 3.05) is 43.1 Å². The summed E-state index contributed by atoms with van der Waals surface area (Å²) in [5.41, 5.74) is 2.24. The molecule has 0 aromatic heterocycles. The minimum absolute atomic E-state index is 0.110. The van der Waals surface area contributed by atoms with Gasteiger partial charge in [-0.1, -0.05) is 12.1 Å². The number of rotatable bonds is 3. The van der Waals surface area contributed by atoms with Crippen LogP contribution in [0.15, 0.2) is 24.3 Å². The summed E-state index contributed by atoms with van der Waals surface area (Å²) in [6.07, 6.45) is 2.88. The van der Waals surface area contributed by atoms with Crippen molar-refractivity contribution in [3.8, 4) is 0 Å². The van der Waals surface area contributed by atoms with Crippen LogP contribution in [0.2, 0.25) is 0 Å². The van der Waals surface area contributed by atoms with Gasteiger partial charge < -0.3 is 20.3 Å². The molecule has 0 radical (unpaired) electrons. The zero-order valence-corrected chi connectivity index (χ0v) is 12.3. The maximum atomic E-state index is 12.3. The smallest absolute Gasteiger partial charge is 0.239 e. The summed E-state index contributed by atoms with van der Waals surface area (Å²) < 4.78 is 5.32. The Morgan fingerprint density at radius 1 is 1.33 bits per heavy atom. The van der Waals surface area contributed by atoms with Gasteiger partial charge in [0, 0.05) is 32.3 Å². The molecule has 2 aliphatic rings. The van der Waals surface area contributed by atoms with E-state index in [2.05, 4.69) is 27.7 Å². The Morgan fingerprint density at radius 3 is 3.00 bits per heavy atom. The summed E-state index contributed by atoms with van der Waals surface area (Å²) >= 11 is 0. The molecule has 0 spiro atoms. The van der Waals surface area contributed by atoms with Crippen molar-refractivity contribution >= 4 is 17.3 Å². The Morgan fingerprint density at radius 2 is 2.14 bits per heavy atom. The molecule has 21 heavy (non-hydrogen) atoms. The van der Waals surface area contributed by atoms with E-state index in [1.807, 2.05) is 12.1 Å². The fraction of sp³-hybridized carbons (Fsp3) is 0.562. The van der Waals surface area contributed by atoms with Crippen LogP contribution in [-0.4, -0.2) is 44.8 Å². The number of benzene rings is 1. The SMILES string of the molecule is O=C(CN1CCCNc2ccccc21)NC1CCOCC1. The van der Waals surface area contributed by atoms with Crippen molar-refractivity contribution in [1.29, 1.82) is 0 Å². The lowest BCUT2D eigenvalue weighted by atomic mass is 10.1. The minimum Gasteiger partial charge on any atom is -0.383 e. The molecular weight excluding hydrogens is 266 g/mol. The highest BCUT2D eigenvalue weighted by atomic mass is 16.5. The zero-order chi connectivity index (χ0) is 14.5. The highest BCUT2D eigenvalue weighted by Crippen LogP contribution is 2.27. The average molecular weight is 289 g/mol. The largest absolute Gasteiger partial charge is 0.383 e. The average Bonchev–Trinajstić information content (AvgIpc) is 2.71. The molecule has 3 rings (SSSR count). The Hall–Kier alpha value is -1.75. The maximum absolute atomic E-state index is 12.3. The second kappa shape index (κ2) is 6.80. The van der Waals surface area contributed by atoms with Gasteiger partial charge in [-0.25, -0.2) is 0 Å². The van der Waals surface area contributed by atoms with Gasteiger partial charge in [0.15, 0.2) is 0 Å². The van der Waals surface area contributed by atoms with Crippen molar-refractivity contribution in [2.24, 2.45) is 0 Å². The lowest BCUT2D eigenvalue weighted by Crippen LogP contribution is -2.44. The Balaban J connectivity index is 1.62. The molecule has 0 saturated carbocycles. The van der Waals surface area contributed by atoms with E-state index in [4.69, 9.17) is 4.74 Å². The van der Waals surface area contributed by atoms with Crippen LogP contribution in [0, 0.1) is 0 Å². The quantitative estimate of drug-likeness (QED) is 0.887. The van der Waals surface area contributed by atoms with Gasteiger partial charge in [0.2, 0.25) is 5.91 Å². The number of fused-ring (bicyclic) bond motifs is 1. The lowest BCUT2D eigenvalue weighted by Gasteiger charge is -2.27. The Kier molecular flexibility index (Phi) is 4.60. The topological polar surface area (TPSA) is 53.6 Å². The number of amides is 1. The fourth-order valence-electron chi connectivity index (χ4n) is 2.97. The molecule has 1 saturated heterocycles. The lowest BCUT2D eigenvalue weighted by molar-refractivity contribution is -0.121. The van der Waals surface area contributed by atoms with Crippen LogP contribution in [0.4, 0.5) is 11.4 Å². The molecule has 0 aliphatic carbocycles. The molecular formula is C16H23N3O2. The van der Waals surface area contributed by atoms with Crippen molar-refractivity contribution in [2.45, 2.75) is 25.3 Å². The van der Waals surface area contributed by atoms with Crippen LogP contribution in [-0.2, 0) is 9.53 Å². The molecule has 1 fully saturated rings. The predicted octanol–water partition coefficient (Wildman–Crippen LogP) is 1.60. The van der Waals surface area contributed by atoms with Gasteiger partial charge in [-0.15, -0.1) is 0 Å². The van der Waals surface area contributed by atoms with E-state index < -0.39 is 0 Å². The number of ether oxygens (including phenoxy) is 1. The summed E-state index contributed by atoms with van der Waals surface area (Å²) in [7, 11) is 0. The first-order chi connectivity index (χ1) is 10.3. The highest BCUT2D eigenvalue weighted by Gasteiger charge is 2.20. The zero-order valence-electron chi connectivity index (χ0n) is 12.3. The molecule has 2 heterocycles. The summed E-state index contributed by atoms with van der Waals surface area (Å²) in [5, 5.41) is 6.56. The van der Waals surface area contributed by atoms with Crippen molar-refractivity contribution < 1.29 is 9.53 Å². The number of hydrogen-bond acceptors (Lipinski definition) is 4. The molecule has 5 nitrogen and oxygen atoms in total. The monoisotopic (exact) mass is 289 g/mol. The van der Waals surface area contributed by atoms with Gasteiger partial charge in [-0.05, 0) is 31.4 Å². The second-order valence-corrected chi connectivity index (χ2v) is 5.67. The van der Waals surface area contributed by atoms with Crippen molar-refractivity contribution in [1.82, 2.24) is 5.32 Å². The summed E-state index contributed by atoms with van der Waals surface area (Å²) in [6.45, 7) is 3.79. The van der Waals surface area contributed by atoms with Crippen LogP contribution in [0.1, 0.15) is 19.3 Å². The van der Waals surface area contributed by atoms with E-state index in [1.54, 1.807) is 0 Å². The molecule has 2 aliphatic heterocycles. The molecule has 0 unspecified atom stereocenters. The molecule has 5 heteroatoms. The highest BCUT2D eigenvalue weighted by molar-refractivity contribution is 5.83. The van der Waals surface area contributed by atoms with E-state index in [-0.39, 0.29) is 11.9 Å².